The van der Waals surface area contributed by atoms with E-state index < -0.39 is 17.6 Å². The number of alkyl halides is 1. The molecule has 3 heterocycles. The van der Waals surface area contributed by atoms with E-state index >= 15 is 4.39 Å². The average molecular weight is 496 g/mol. The Hall–Kier alpha value is -2.99. The van der Waals surface area contributed by atoms with Crippen LogP contribution in [-0.2, 0) is 11.3 Å². The summed E-state index contributed by atoms with van der Waals surface area (Å²) >= 11 is 1.60. The van der Waals surface area contributed by atoms with Gasteiger partial charge in [0.1, 0.15) is 11.9 Å². The molecule has 3 aromatic rings. The van der Waals surface area contributed by atoms with Crippen LogP contribution in [0.1, 0.15) is 47.9 Å². The summed E-state index contributed by atoms with van der Waals surface area (Å²) in [4.78, 5) is 19.9. The maximum Gasteiger partial charge on any atom is 0.309 e. The third-order valence-corrected chi connectivity index (χ3v) is 7.70. The van der Waals surface area contributed by atoms with Gasteiger partial charge in [-0.25, -0.2) is 4.39 Å². The van der Waals surface area contributed by atoms with Crippen molar-refractivity contribution in [1.29, 1.82) is 0 Å². The Morgan fingerprint density at radius 3 is 2.83 bits per heavy atom. The van der Waals surface area contributed by atoms with Crippen molar-refractivity contribution in [2.45, 2.75) is 38.4 Å². The van der Waals surface area contributed by atoms with Gasteiger partial charge in [0.2, 0.25) is 0 Å². The number of carbonyl (C=O) groups is 1. The number of aliphatic carboxylic acids is 1. The Kier molecular flexibility index (Phi) is 8.01. The highest BCUT2D eigenvalue weighted by Gasteiger charge is 2.41. The lowest BCUT2D eigenvalue weighted by Crippen LogP contribution is -2.44. The maximum absolute atomic E-state index is 15.8. The van der Waals surface area contributed by atoms with Gasteiger partial charge in [0.25, 0.3) is 0 Å². The van der Waals surface area contributed by atoms with Gasteiger partial charge in [0, 0.05) is 36.8 Å². The average Bonchev–Trinajstić information content (AvgIpc) is 3.40. The number of methoxy groups -OCH3 is 1. The number of likely N-dealkylation sites (tertiary alicyclic amines) is 1. The maximum atomic E-state index is 15.8. The van der Waals surface area contributed by atoms with E-state index in [4.69, 9.17) is 10.5 Å². The number of ether oxygens (including phenoxy) is 1. The summed E-state index contributed by atoms with van der Waals surface area (Å²) in [6, 6.07) is 9.30. The van der Waals surface area contributed by atoms with Crippen molar-refractivity contribution < 1.29 is 19.0 Å². The molecule has 4 rings (SSSR count). The van der Waals surface area contributed by atoms with Crippen LogP contribution >= 0.6 is 11.3 Å². The third-order valence-electron chi connectivity index (χ3n) is 6.91. The second kappa shape index (κ2) is 11.2. The zero-order valence-corrected chi connectivity index (χ0v) is 20.6. The van der Waals surface area contributed by atoms with Crippen molar-refractivity contribution >= 4 is 28.2 Å². The summed E-state index contributed by atoms with van der Waals surface area (Å²) in [5.41, 5.74) is 6.73. The van der Waals surface area contributed by atoms with E-state index in [1.165, 1.54) is 0 Å². The number of halogens is 1. The Bertz CT molecular complexity index is 1220. The van der Waals surface area contributed by atoms with Crippen molar-refractivity contribution in [3.8, 4) is 17.6 Å². The minimum atomic E-state index is -1.35. The Balaban J connectivity index is 1.46. The van der Waals surface area contributed by atoms with E-state index in [0.29, 0.717) is 60.3 Å². The molecule has 0 unspecified atom stereocenters. The summed E-state index contributed by atoms with van der Waals surface area (Å²) in [5, 5.41) is 12.7. The molecule has 2 aromatic heterocycles. The molecular formula is C27H30FN3O3S. The van der Waals surface area contributed by atoms with Crippen LogP contribution in [0.25, 0.3) is 10.9 Å². The van der Waals surface area contributed by atoms with Crippen molar-refractivity contribution in [3.05, 3.63) is 57.9 Å². The molecule has 1 aliphatic heterocycles. The molecule has 1 saturated heterocycles. The molecule has 1 aromatic carbocycles. The van der Waals surface area contributed by atoms with Gasteiger partial charge >= 0.3 is 5.97 Å². The lowest BCUT2D eigenvalue weighted by Gasteiger charge is -2.38. The van der Waals surface area contributed by atoms with Gasteiger partial charge < -0.3 is 15.6 Å². The largest absolute Gasteiger partial charge is 0.497 e. The van der Waals surface area contributed by atoms with Crippen LogP contribution in [0.3, 0.4) is 0 Å². The number of carboxylic acid groups (broad SMARTS) is 1. The fraction of sp³-hybridized carbons (Fsp3) is 0.407. The molecule has 0 amide bonds. The fourth-order valence-electron chi connectivity index (χ4n) is 4.74. The summed E-state index contributed by atoms with van der Waals surface area (Å²) in [6.45, 7) is 2.02. The first-order valence-electron chi connectivity index (χ1n) is 11.7. The molecule has 0 spiro atoms. The van der Waals surface area contributed by atoms with Crippen LogP contribution in [0.15, 0.2) is 41.9 Å². The van der Waals surface area contributed by atoms with E-state index in [0.717, 1.165) is 4.88 Å². The molecule has 1 atom stereocenters. The lowest BCUT2D eigenvalue weighted by atomic mass is 9.74. The lowest BCUT2D eigenvalue weighted by molar-refractivity contribution is -0.152. The van der Waals surface area contributed by atoms with Crippen molar-refractivity contribution in [3.63, 3.8) is 0 Å². The molecule has 0 aliphatic carbocycles. The normalized spacial score (nSPS) is 16.4. The number of hydrogen-bond acceptors (Lipinski definition) is 6. The van der Waals surface area contributed by atoms with Gasteiger partial charge in [0.05, 0.1) is 29.5 Å². The Labute approximate surface area is 208 Å². The van der Waals surface area contributed by atoms with Gasteiger partial charge in [-0.2, -0.15) is 0 Å². The van der Waals surface area contributed by atoms with E-state index in [2.05, 4.69) is 21.7 Å². The van der Waals surface area contributed by atoms with Crippen molar-refractivity contribution in [1.82, 2.24) is 9.88 Å². The molecule has 184 valence electrons. The zero-order chi connectivity index (χ0) is 24.8. The second-order valence-corrected chi connectivity index (χ2v) is 9.88. The van der Waals surface area contributed by atoms with Crippen LogP contribution in [0.5, 0.6) is 5.75 Å². The summed E-state index contributed by atoms with van der Waals surface area (Å²) in [6.07, 6.45) is 1.58. The number of thiophene rings is 1. The van der Waals surface area contributed by atoms with Crippen molar-refractivity contribution in [2.75, 3.05) is 26.7 Å². The van der Waals surface area contributed by atoms with E-state index in [-0.39, 0.29) is 19.4 Å². The summed E-state index contributed by atoms with van der Waals surface area (Å²) < 4.78 is 21.1. The number of benzene rings is 1. The highest BCUT2D eigenvalue weighted by molar-refractivity contribution is 7.10. The molecule has 1 aliphatic rings. The number of hydrogen-bond donors (Lipinski definition) is 2. The fourth-order valence-corrected chi connectivity index (χ4v) is 5.33. The zero-order valence-electron chi connectivity index (χ0n) is 19.8. The van der Waals surface area contributed by atoms with Gasteiger partial charge in [-0.05, 0) is 60.9 Å². The summed E-state index contributed by atoms with van der Waals surface area (Å²) in [7, 11) is 1.56. The Morgan fingerprint density at radius 2 is 2.17 bits per heavy atom. The van der Waals surface area contributed by atoms with Crippen LogP contribution in [0.2, 0.25) is 0 Å². The molecule has 6 nitrogen and oxygen atoms in total. The predicted molar refractivity (Wildman–Crippen MR) is 136 cm³/mol. The minimum absolute atomic E-state index is 0.105. The number of carboxylic acids is 1. The number of aromatic nitrogens is 1. The van der Waals surface area contributed by atoms with Gasteiger partial charge in [-0.3, -0.25) is 14.7 Å². The molecule has 0 saturated carbocycles. The quantitative estimate of drug-likeness (QED) is 0.438. The minimum Gasteiger partial charge on any atom is -0.497 e. The molecular weight excluding hydrogens is 465 g/mol. The molecule has 35 heavy (non-hydrogen) atoms. The SMILES string of the molecule is COc1ccc2ncc(CN)c([C@H](F)CCC3(C(=O)O)CCN(CC#Cc4cccs4)CC3)c2c1. The standard InChI is InChI=1S/C27H30FN3O3S/c1-34-20-6-7-24-22(16-20)25(19(17-29)18-30-24)23(28)8-9-27(26(32)33)10-13-31(14-11-27)12-2-4-21-5-3-15-35-21/h3,5-7,15-16,18,23H,8-14,17,29H2,1H3,(H,32,33)/t23-/m1/s1. The summed E-state index contributed by atoms with van der Waals surface area (Å²) in [5.74, 6) is 6.08. The van der Waals surface area contributed by atoms with Gasteiger partial charge in [-0.15, -0.1) is 11.3 Å². The number of rotatable bonds is 8. The first-order valence-corrected chi connectivity index (χ1v) is 12.6. The topological polar surface area (TPSA) is 88.7 Å². The number of nitrogens with two attached hydrogens (primary N) is 1. The molecule has 3 N–H and O–H groups in total. The van der Waals surface area contributed by atoms with Crippen LogP contribution in [0.4, 0.5) is 4.39 Å². The molecule has 0 radical (unpaired) electrons. The smallest absolute Gasteiger partial charge is 0.309 e. The monoisotopic (exact) mass is 495 g/mol. The highest BCUT2D eigenvalue weighted by atomic mass is 32.1. The van der Waals surface area contributed by atoms with Crippen LogP contribution in [0, 0.1) is 17.3 Å². The predicted octanol–water partition coefficient (Wildman–Crippen LogP) is 4.77. The number of pyridine rings is 1. The first-order chi connectivity index (χ1) is 17.0. The third kappa shape index (κ3) is 5.64. The van der Waals surface area contributed by atoms with Crippen molar-refractivity contribution in [2.24, 2.45) is 11.1 Å². The molecule has 0 bridgehead atoms. The molecule has 1 fully saturated rings. The van der Waals surface area contributed by atoms with Crippen LogP contribution in [-0.4, -0.2) is 47.7 Å². The van der Waals surface area contributed by atoms with Gasteiger partial charge in [-0.1, -0.05) is 17.9 Å². The number of piperidine rings is 1. The second-order valence-electron chi connectivity index (χ2n) is 8.93. The number of fused-ring (bicyclic) bond motifs is 1. The van der Waals surface area contributed by atoms with E-state index in [1.807, 2.05) is 17.5 Å². The van der Waals surface area contributed by atoms with Crippen LogP contribution < -0.4 is 10.5 Å². The number of nitrogens with zero attached hydrogens (tertiary/aromatic N) is 2. The molecule has 8 heteroatoms. The first kappa shape index (κ1) is 25.1. The highest BCUT2D eigenvalue weighted by Crippen LogP contribution is 2.41. The Morgan fingerprint density at radius 1 is 1.37 bits per heavy atom. The van der Waals surface area contributed by atoms with Gasteiger partial charge in [0.15, 0.2) is 0 Å². The van der Waals surface area contributed by atoms with E-state index in [9.17, 15) is 9.90 Å². The van der Waals surface area contributed by atoms with E-state index in [1.54, 1.807) is 42.8 Å².